The van der Waals surface area contributed by atoms with Crippen LogP contribution in [0.3, 0.4) is 0 Å². The number of hydrogen-bond donors (Lipinski definition) is 0. The molecular formula is C16H18O6Si. The molecule has 0 aliphatic carbocycles. The Morgan fingerprint density at radius 1 is 0.696 bits per heavy atom. The molecule has 0 saturated carbocycles. The molecule has 0 aromatic carbocycles. The largest absolute Gasteiger partial charge is 0.498 e. The zero-order chi connectivity index (χ0) is 16.0. The summed E-state index contributed by atoms with van der Waals surface area (Å²) in [7, 11) is -2.84. The van der Waals surface area contributed by atoms with Gasteiger partial charge in [-0.3, -0.25) is 0 Å². The number of furan rings is 3. The van der Waals surface area contributed by atoms with Gasteiger partial charge in [0.15, 0.2) is 0 Å². The predicted octanol–water partition coefficient (Wildman–Crippen LogP) is 3.98. The van der Waals surface area contributed by atoms with Crippen molar-refractivity contribution in [3.8, 4) is 0 Å². The molecule has 0 atom stereocenters. The van der Waals surface area contributed by atoms with E-state index in [0.717, 1.165) is 16.7 Å². The fourth-order valence-corrected chi connectivity index (χ4v) is 3.43. The Kier molecular flexibility index (Phi) is 5.14. The van der Waals surface area contributed by atoms with Gasteiger partial charge in [-0.1, -0.05) is 0 Å². The number of rotatable bonds is 9. The van der Waals surface area contributed by atoms with Crippen LogP contribution in [-0.4, -0.2) is 8.80 Å². The minimum absolute atomic E-state index is 0.371. The number of hydrogen-bond acceptors (Lipinski definition) is 6. The van der Waals surface area contributed by atoms with E-state index in [1.165, 1.54) is 0 Å². The third-order valence-corrected chi connectivity index (χ3v) is 5.25. The van der Waals surface area contributed by atoms with Crippen molar-refractivity contribution >= 4 is 8.80 Å². The summed E-state index contributed by atoms with van der Waals surface area (Å²) in [4.78, 5) is 0. The van der Waals surface area contributed by atoms with Crippen LogP contribution in [0.25, 0.3) is 0 Å². The first-order chi connectivity index (χ1) is 11.2. The van der Waals surface area contributed by atoms with Gasteiger partial charge in [-0.2, -0.15) is 0 Å². The van der Waals surface area contributed by atoms with Crippen LogP contribution in [0, 0.1) is 0 Å². The maximum absolute atomic E-state index is 5.94. The van der Waals surface area contributed by atoms with Crippen molar-refractivity contribution in [1.29, 1.82) is 0 Å². The summed E-state index contributed by atoms with van der Waals surface area (Å²) in [5.41, 5.74) is 2.80. The molecule has 0 saturated heterocycles. The van der Waals surface area contributed by atoms with Crippen LogP contribution in [-0.2, 0) is 33.1 Å². The lowest BCUT2D eigenvalue weighted by molar-refractivity contribution is 0.0489. The third-order valence-electron chi connectivity index (χ3n) is 3.24. The molecule has 0 N–H and O–H groups in total. The van der Waals surface area contributed by atoms with Crippen LogP contribution >= 0.6 is 0 Å². The highest BCUT2D eigenvalue weighted by Crippen LogP contribution is 2.18. The lowest BCUT2D eigenvalue weighted by Gasteiger charge is -2.25. The van der Waals surface area contributed by atoms with E-state index in [9.17, 15) is 0 Å². The Morgan fingerprint density at radius 2 is 1.04 bits per heavy atom. The second kappa shape index (κ2) is 7.47. The molecule has 0 bridgehead atoms. The fraction of sp³-hybridized carbons (Fsp3) is 0.250. The van der Waals surface area contributed by atoms with Gasteiger partial charge in [-0.15, -0.1) is 0 Å². The van der Waals surface area contributed by atoms with Gasteiger partial charge in [0.1, 0.15) is 0 Å². The topological polar surface area (TPSA) is 67.1 Å². The Morgan fingerprint density at radius 3 is 1.30 bits per heavy atom. The van der Waals surface area contributed by atoms with Crippen molar-refractivity contribution in [3.05, 3.63) is 72.5 Å². The van der Waals surface area contributed by atoms with Gasteiger partial charge in [0.25, 0.3) is 0 Å². The Balaban J connectivity index is 1.60. The highest BCUT2D eigenvalue weighted by molar-refractivity contribution is 6.59. The van der Waals surface area contributed by atoms with E-state index in [1.807, 2.05) is 24.7 Å². The average Bonchev–Trinajstić information content (AvgIpc) is 3.33. The van der Waals surface area contributed by atoms with E-state index in [-0.39, 0.29) is 0 Å². The summed E-state index contributed by atoms with van der Waals surface area (Å²) in [5.74, 6) is 0. The average molecular weight is 334 g/mol. The van der Waals surface area contributed by atoms with E-state index in [4.69, 9.17) is 26.5 Å². The van der Waals surface area contributed by atoms with Crippen molar-refractivity contribution in [3.63, 3.8) is 0 Å². The molecule has 0 aliphatic heterocycles. The first-order valence-electron chi connectivity index (χ1n) is 7.19. The molecule has 3 aromatic heterocycles. The van der Waals surface area contributed by atoms with Gasteiger partial charge in [0.05, 0.1) is 57.4 Å². The molecule has 23 heavy (non-hydrogen) atoms. The first kappa shape index (κ1) is 15.8. The molecule has 0 aliphatic rings. The Bertz CT molecular complexity index is 566. The van der Waals surface area contributed by atoms with Gasteiger partial charge in [0, 0.05) is 23.2 Å². The predicted molar refractivity (Wildman–Crippen MR) is 82.1 cm³/mol. The van der Waals surface area contributed by atoms with Gasteiger partial charge in [0.2, 0.25) is 0 Å². The lowest BCUT2D eigenvalue weighted by atomic mass is 10.4. The zero-order valence-electron chi connectivity index (χ0n) is 12.8. The summed E-state index contributed by atoms with van der Waals surface area (Å²) in [6, 6.07) is 5.54. The molecule has 122 valence electrons. The van der Waals surface area contributed by atoms with Gasteiger partial charge in [-0.25, -0.2) is 0 Å². The highest BCUT2D eigenvalue weighted by atomic mass is 28.4. The Labute approximate surface area is 134 Å². The molecule has 3 heterocycles. The lowest BCUT2D eigenvalue weighted by Crippen LogP contribution is -2.42. The molecule has 3 aromatic rings. The van der Waals surface area contributed by atoms with E-state index < -0.39 is 8.80 Å². The minimum atomic E-state index is -2.84. The molecule has 0 fully saturated rings. The van der Waals surface area contributed by atoms with Crippen LogP contribution in [0.2, 0.25) is 6.55 Å². The van der Waals surface area contributed by atoms with Crippen LogP contribution in [0.4, 0.5) is 0 Å². The molecule has 0 amide bonds. The van der Waals surface area contributed by atoms with Gasteiger partial charge in [-0.05, 0) is 18.2 Å². The monoisotopic (exact) mass is 334 g/mol. The molecule has 0 spiro atoms. The summed E-state index contributed by atoms with van der Waals surface area (Å²) in [5, 5.41) is 0. The maximum atomic E-state index is 5.94. The zero-order valence-corrected chi connectivity index (χ0v) is 13.8. The molecular weight excluding hydrogens is 316 g/mol. The molecule has 0 unspecified atom stereocenters. The van der Waals surface area contributed by atoms with Crippen molar-refractivity contribution < 1.29 is 26.5 Å². The molecule has 3 rings (SSSR count). The van der Waals surface area contributed by atoms with Crippen LogP contribution in [0.1, 0.15) is 16.7 Å². The van der Waals surface area contributed by atoms with Crippen molar-refractivity contribution in [2.24, 2.45) is 0 Å². The standard InChI is InChI=1S/C16H18O6Si/c1-23(20-11-14-2-5-17-8-14,21-12-15-3-6-18-9-15)22-13-16-4-7-19-10-16/h2-10H,11-13H2,1H3. The molecule has 6 nitrogen and oxygen atoms in total. The van der Waals surface area contributed by atoms with Gasteiger partial charge >= 0.3 is 8.80 Å². The Hall–Kier alpha value is -2.06. The van der Waals surface area contributed by atoms with Crippen LogP contribution in [0.15, 0.2) is 69.0 Å². The second-order valence-corrected chi connectivity index (χ2v) is 7.71. The third kappa shape index (κ3) is 4.70. The van der Waals surface area contributed by atoms with Crippen molar-refractivity contribution in [2.75, 3.05) is 0 Å². The van der Waals surface area contributed by atoms with Crippen LogP contribution < -0.4 is 0 Å². The summed E-state index contributed by atoms with van der Waals surface area (Å²) < 4.78 is 33.0. The highest BCUT2D eigenvalue weighted by Gasteiger charge is 2.35. The van der Waals surface area contributed by atoms with E-state index >= 15 is 0 Å². The maximum Gasteiger partial charge on any atom is 0.498 e. The minimum Gasteiger partial charge on any atom is -0.472 e. The van der Waals surface area contributed by atoms with Crippen molar-refractivity contribution in [1.82, 2.24) is 0 Å². The fourth-order valence-electron chi connectivity index (χ4n) is 1.89. The molecule has 0 radical (unpaired) electrons. The van der Waals surface area contributed by atoms with E-state index in [1.54, 1.807) is 37.6 Å². The normalized spacial score (nSPS) is 11.9. The van der Waals surface area contributed by atoms with E-state index in [2.05, 4.69) is 0 Å². The summed E-state index contributed by atoms with van der Waals surface area (Å²) >= 11 is 0. The quantitative estimate of drug-likeness (QED) is 0.551. The van der Waals surface area contributed by atoms with Crippen molar-refractivity contribution in [2.45, 2.75) is 26.4 Å². The van der Waals surface area contributed by atoms with Gasteiger partial charge < -0.3 is 26.5 Å². The van der Waals surface area contributed by atoms with E-state index in [0.29, 0.717) is 19.8 Å². The first-order valence-corrected chi connectivity index (χ1v) is 9.41. The summed E-state index contributed by atoms with van der Waals surface area (Å²) in [6.45, 7) is 2.98. The summed E-state index contributed by atoms with van der Waals surface area (Å²) in [6.07, 6.45) is 9.74. The molecule has 7 heteroatoms. The SMILES string of the molecule is C[Si](OCc1ccoc1)(OCc1ccoc1)OCc1ccoc1. The second-order valence-electron chi connectivity index (χ2n) is 5.12. The smallest absolute Gasteiger partial charge is 0.472 e. The van der Waals surface area contributed by atoms with Crippen LogP contribution in [0.5, 0.6) is 0 Å².